The highest BCUT2D eigenvalue weighted by Crippen LogP contribution is 2.61. The van der Waals surface area contributed by atoms with Crippen LogP contribution < -0.4 is 5.32 Å². The lowest BCUT2D eigenvalue weighted by Gasteiger charge is -2.13. The largest absolute Gasteiger partial charge is 0.316 e. The highest BCUT2D eigenvalue weighted by atomic mass is 79.9. The Morgan fingerprint density at radius 3 is 3.06 bits per heavy atom. The molecule has 0 radical (unpaired) electrons. The molecule has 0 aromatic heterocycles. The highest BCUT2D eigenvalue weighted by Gasteiger charge is 2.57. The molecule has 1 spiro atoms. The summed E-state index contributed by atoms with van der Waals surface area (Å²) < 4.78 is 1.32. The van der Waals surface area contributed by atoms with Crippen molar-refractivity contribution in [3.05, 3.63) is 33.8 Å². The van der Waals surface area contributed by atoms with Gasteiger partial charge in [-0.3, -0.25) is 0 Å². The molecule has 1 fully saturated rings. The molecule has 0 bridgehead atoms. The molecule has 2 aliphatic rings. The van der Waals surface area contributed by atoms with E-state index >= 15 is 0 Å². The zero-order valence-corrected chi connectivity index (χ0v) is 12.9. The Balaban J connectivity index is 1.69. The van der Waals surface area contributed by atoms with Gasteiger partial charge in [0, 0.05) is 9.89 Å². The molecule has 98 valence electrons. The summed E-state index contributed by atoms with van der Waals surface area (Å²) in [4.78, 5) is 0. The van der Waals surface area contributed by atoms with Gasteiger partial charge in [-0.1, -0.05) is 41.9 Å². The maximum Gasteiger partial charge on any atom is 0.0210 e. The van der Waals surface area contributed by atoms with Gasteiger partial charge in [-0.15, -0.1) is 0 Å². The first kappa shape index (κ1) is 12.7. The second-order valence-corrected chi connectivity index (χ2v) is 7.23. The fourth-order valence-electron chi connectivity index (χ4n) is 3.59. The van der Waals surface area contributed by atoms with Crippen LogP contribution in [-0.4, -0.2) is 13.1 Å². The van der Waals surface area contributed by atoms with E-state index in [2.05, 4.69) is 53.3 Å². The van der Waals surface area contributed by atoms with Gasteiger partial charge in [0.15, 0.2) is 0 Å². The number of benzene rings is 1. The summed E-state index contributed by atoms with van der Waals surface area (Å²) >= 11 is 3.70. The van der Waals surface area contributed by atoms with Crippen LogP contribution in [0.4, 0.5) is 0 Å². The lowest BCUT2D eigenvalue weighted by atomic mass is 9.95. The van der Waals surface area contributed by atoms with Crippen LogP contribution >= 0.6 is 15.9 Å². The third-order valence-corrected chi connectivity index (χ3v) is 5.39. The average Bonchev–Trinajstić information content (AvgIpc) is 2.87. The van der Waals surface area contributed by atoms with Gasteiger partial charge >= 0.3 is 0 Å². The van der Waals surface area contributed by atoms with Crippen molar-refractivity contribution in [1.82, 2.24) is 5.32 Å². The van der Waals surface area contributed by atoms with Gasteiger partial charge in [-0.2, -0.15) is 0 Å². The zero-order chi connectivity index (χ0) is 12.8. The number of hydrogen-bond acceptors (Lipinski definition) is 1. The van der Waals surface area contributed by atoms with Crippen LogP contribution in [0.2, 0.25) is 0 Å². The first-order valence-corrected chi connectivity index (χ1v) is 7.91. The van der Waals surface area contributed by atoms with E-state index in [0.717, 1.165) is 18.4 Å². The lowest BCUT2D eigenvalue weighted by molar-refractivity contribution is 0.503. The molecule has 18 heavy (non-hydrogen) atoms. The van der Waals surface area contributed by atoms with Gasteiger partial charge in [-0.05, 0) is 61.4 Å². The molecule has 3 rings (SSSR count). The molecular weight excluding hydrogens is 286 g/mol. The Hall–Kier alpha value is -0.340. The van der Waals surface area contributed by atoms with E-state index in [4.69, 9.17) is 0 Å². The standard InChI is InChI=1S/C16H22BrN/c1-11(2)9-18-10-12-8-16(12)7-6-13-14(16)4-3-5-15(13)17/h3-5,11-12,18H,6-10H2,1-2H3. The quantitative estimate of drug-likeness (QED) is 0.889. The SMILES string of the molecule is CC(C)CNCC1CC12CCc1c(Br)cccc12. The number of halogens is 1. The van der Waals surface area contributed by atoms with Gasteiger partial charge in [0.1, 0.15) is 0 Å². The molecule has 0 amide bonds. The number of fused-ring (bicyclic) bond motifs is 2. The molecule has 1 saturated carbocycles. The Labute approximate surface area is 118 Å². The van der Waals surface area contributed by atoms with Crippen molar-refractivity contribution in [2.75, 3.05) is 13.1 Å². The minimum absolute atomic E-state index is 0.531. The van der Waals surface area contributed by atoms with E-state index in [9.17, 15) is 0 Å². The number of nitrogens with one attached hydrogen (secondary N) is 1. The number of hydrogen-bond donors (Lipinski definition) is 1. The maximum absolute atomic E-state index is 3.70. The predicted molar refractivity (Wildman–Crippen MR) is 80.0 cm³/mol. The summed E-state index contributed by atoms with van der Waals surface area (Å²) in [5, 5.41) is 3.63. The summed E-state index contributed by atoms with van der Waals surface area (Å²) in [6.07, 6.45) is 4.01. The van der Waals surface area contributed by atoms with Crippen LogP contribution in [0.3, 0.4) is 0 Å². The van der Waals surface area contributed by atoms with Crippen molar-refractivity contribution in [3.8, 4) is 0 Å². The summed E-state index contributed by atoms with van der Waals surface area (Å²) in [5.74, 6) is 1.62. The van der Waals surface area contributed by atoms with Crippen LogP contribution in [0.25, 0.3) is 0 Å². The Morgan fingerprint density at radius 2 is 2.28 bits per heavy atom. The lowest BCUT2D eigenvalue weighted by Crippen LogP contribution is -2.24. The third kappa shape index (κ3) is 2.04. The van der Waals surface area contributed by atoms with Crippen molar-refractivity contribution in [2.24, 2.45) is 11.8 Å². The molecule has 0 heterocycles. The fraction of sp³-hybridized carbons (Fsp3) is 0.625. The van der Waals surface area contributed by atoms with Crippen molar-refractivity contribution < 1.29 is 0 Å². The second kappa shape index (κ2) is 4.64. The fourth-order valence-corrected chi connectivity index (χ4v) is 4.16. The zero-order valence-electron chi connectivity index (χ0n) is 11.3. The van der Waals surface area contributed by atoms with Crippen molar-refractivity contribution >= 4 is 15.9 Å². The van der Waals surface area contributed by atoms with Gasteiger partial charge < -0.3 is 5.32 Å². The molecular formula is C16H22BrN. The van der Waals surface area contributed by atoms with E-state index < -0.39 is 0 Å². The van der Waals surface area contributed by atoms with E-state index in [1.165, 1.54) is 30.3 Å². The summed E-state index contributed by atoms with van der Waals surface area (Å²) in [6, 6.07) is 6.74. The predicted octanol–water partition coefficient (Wildman–Crippen LogP) is 3.90. The monoisotopic (exact) mass is 307 g/mol. The van der Waals surface area contributed by atoms with E-state index in [1.54, 1.807) is 11.1 Å². The van der Waals surface area contributed by atoms with E-state index in [0.29, 0.717) is 5.41 Å². The Bertz CT molecular complexity index is 454. The maximum atomic E-state index is 3.70. The molecule has 0 saturated heterocycles. The van der Waals surface area contributed by atoms with Crippen LogP contribution in [0.5, 0.6) is 0 Å². The van der Waals surface area contributed by atoms with Crippen molar-refractivity contribution in [3.63, 3.8) is 0 Å². The summed E-state index contributed by atoms with van der Waals surface area (Å²) in [7, 11) is 0. The van der Waals surface area contributed by atoms with Crippen LogP contribution in [0.15, 0.2) is 22.7 Å². The summed E-state index contributed by atoms with van der Waals surface area (Å²) in [6.45, 7) is 6.90. The minimum atomic E-state index is 0.531. The Morgan fingerprint density at radius 1 is 1.44 bits per heavy atom. The van der Waals surface area contributed by atoms with Crippen molar-refractivity contribution in [2.45, 2.75) is 38.5 Å². The smallest absolute Gasteiger partial charge is 0.0210 e. The average molecular weight is 308 g/mol. The Kier molecular flexibility index (Phi) is 3.27. The third-order valence-electron chi connectivity index (χ3n) is 4.65. The molecule has 1 aromatic rings. The normalized spacial score (nSPS) is 29.0. The minimum Gasteiger partial charge on any atom is -0.316 e. The first-order chi connectivity index (χ1) is 8.63. The van der Waals surface area contributed by atoms with Gasteiger partial charge in [0.05, 0.1) is 0 Å². The van der Waals surface area contributed by atoms with Crippen LogP contribution in [-0.2, 0) is 11.8 Å². The van der Waals surface area contributed by atoms with Gasteiger partial charge in [0.2, 0.25) is 0 Å². The summed E-state index contributed by atoms with van der Waals surface area (Å²) in [5.41, 5.74) is 3.74. The van der Waals surface area contributed by atoms with Gasteiger partial charge in [-0.25, -0.2) is 0 Å². The number of rotatable bonds is 4. The molecule has 2 atom stereocenters. The van der Waals surface area contributed by atoms with Gasteiger partial charge in [0.25, 0.3) is 0 Å². The van der Waals surface area contributed by atoms with Crippen molar-refractivity contribution in [1.29, 1.82) is 0 Å². The molecule has 2 aliphatic carbocycles. The molecule has 1 N–H and O–H groups in total. The molecule has 1 aromatic carbocycles. The van der Waals surface area contributed by atoms with Crippen LogP contribution in [0.1, 0.15) is 37.8 Å². The topological polar surface area (TPSA) is 12.0 Å². The molecule has 2 heteroatoms. The highest BCUT2D eigenvalue weighted by molar-refractivity contribution is 9.10. The second-order valence-electron chi connectivity index (χ2n) is 6.38. The van der Waals surface area contributed by atoms with E-state index in [-0.39, 0.29) is 0 Å². The molecule has 2 unspecified atom stereocenters. The molecule has 1 nitrogen and oxygen atoms in total. The molecule has 0 aliphatic heterocycles. The first-order valence-electron chi connectivity index (χ1n) is 7.12. The van der Waals surface area contributed by atoms with Crippen LogP contribution in [0, 0.1) is 11.8 Å². The van der Waals surface area contributed by atoms with E-state index in [1.807, 2.05) is 0 Å².